The summed E-state index contributed by atoms with van der Waals surface area (Å²) in [6, 6.07) is 14.7. The number of phenolic OH excluding ortho intramolecular Hbond substituents is 3. The molecule has 0 fully saturated rings. The molecule has 162 valence electrons. The predicted molar refractivity (Wildman–Crippen MR) is 127 cm³/mol. The highest BCUT2D eigenvalue weighted by Crippen LogP contribution is 2.36. The van der Waals surface area contributed by atoms with Crippen LogP contribution in [0.4, 0.5) is 0 Å². The molecule has 0 aliphatic rings. The molecular weight excluding hydrogens is 426 g/mol. The Labute approximate surface area is 188 Å². The molecule has 0 atom stereocenters. The lowest BCUT2D eigenvalue weighted by Crippen LogP contribution is -2.12. The van der Waals surface area contributed by atoms with Crippen LogP contribution in [0.5, 0.6) is 23.0 Å². The summed E-state index contributed by atoms with van der Waals surface area (Å²) in [5.74, 6) is -0.651. The Morgan fingerprint density at radius 3 is 2.59 bits per heavy atom. The van der Waals surface area contributed by atoms with E-state index in [-0.39, 0.29) is 5.56 Å². The van der Waals surface area contributed by atoms with Crippen molar-refractivity contribution in [2.24, 2.45) is 10.1 Å². The zero-order chi connectivity index (χ0) is 22.7. The van der Waals surface area contributed by atoms with Gasteiger partial charge >= 0.3 is 0 Å². The summed E-state index contributed by atoms with van der Waals surface area (Å²) in [4.78, 5) is 5.15. The standard InChI is InChI=1S/C24H21N3O4S/c1-3-10-25-24-27(26-13-18-7-9-21(28)23(30)22(18)29)20(14-32-24)17-5-4-16-12-19(31-2)8-6-15(16)11-17/h3-9,11-14,28-30H,1,10H2,2H3. The van der Waals surface area contributed by atoms with E-state index in [1.807, 2.05) is 35.7 Å². The number of fused-ring (bicyclic) bond motifs is 1. The Bertz CT molecular complexity index is 1400. The fourth-order valence-electron chi connectivity index (χ4n) is 3.18. The predicted octanol–water partition coefficient (Wildman–Crippen LogP) is 4.46. The van der Waals surface area contributed by atoms with Crippen LogP contribution in [0.1, 0.15) is 5.56 Å². The molecule has 3 N–H and O–H groups in total. The third kappa shape index (κ3) is 4.08. The average molecular weight is 448 g/mol. The molecule has 4 rings (SSSR count). The molecule has 0 amide bonds. The topological polar surface area (TPSA) is 99.6 Å². The third-order valence-corrected chi connectivity index (χ3v) is 5.71. The molecule has 0 saturated heterocycles. The van der Waals surface area contributed by atoms with Crippen LogP contribution < -0.4 is 9.54 Å². The van der Waals surface area contributed by atoms with Gasteiger partial charge in [0.1, 0.15) is 5.75 Å². The number of hydrogen-bond acceptors (Lipinski definition) is 7. The van der Waals surface area contributed by atoms with Crippen LogP contribution in [0.15, 0.2) is 76.7 Å². The minimum Gasteiger partial charge on any atom is -0.504 e. The van der Waals surface area contributed by atoms with E-state index < -0.39 is 17.2 Å². The van der Waals surface area contributed by atoms with Crippen LogP contribution in [0.2, 0.25) is 0 Å². The number of benzene rings is 3. The van der Waals surface area contributed by atoms with Gasteiger partial charge in [0.05, 0.1) is 25.6 Å². The molecule has 0 spiro atoms. The van der Waals surface area contributed by atoms with Gasteiger partial charge in [0.2, 0.25) is 10.6 Å². The van der Waals surface area contributed by atoms with Crippen molar-refractivity contribution in [1.29, 1.82) is 0 Å². The molecule has 32 heavy (non-hydrogen) atoms. The third-order valence-electron chi connectivity index (χ3n) is 4.86. The number of ether oxygens (including phenoxy) is 1. The van der Waals surface area contributed by atoms with Gasteiger partial charge in [-0.15, -0.1) is 17.9 Å². The highest BCUT2D eigenvalue weighted by molar-refractivity contribution is 7.07. The van der Waals surface area contributed by atoms with Gasteiger partial charge in [0.15, 0.2) is 11.5 Å². The van der Waals surface area contributed by atoms with E-state index in [2.05, 4.69) is 22.7 Å². The van der Waals surface area contributed by atoms with Gasteiger partial charge < -0.3 is 20.1 Å². The summed E-state index contributed by atoms with van der Waals surface area (Å²) >= 11 is 1.43. The van der Waals surface area contributed by atoms with E-state index in [1.165, 1.54) is 29.7 Å². The molecule has 0 bridgehead atoms. The number of phenols is 3. The second-order valence-electron chi connectivity index (χ2n) is 6.89. The molecule has 7 nitrogen and oxygen atoms in total. The molecule has 0 aliphatic carbocycles. The SMILES string of the molecule is C=CCN=c1scc(-c2ccc3cc(OC)ccc3c2)n1N=Cc1ccc(O)c(O)c1O. The van der Waals surface area contributed by atoms with Gasteiger partial charge in [-0.3, -0.25) is 4.99 Å². The summed E-state index contributed by atoms with van der Waals surface area (Å²) in [6.45, 7) is 4.14. The van der Waals surface area contributed by atoms with Crippen molar-refractivity contribution in [2.75, 3.05) is 13.7 Å². The van der Waals surface area contributed by atoms with Crippen molar-refractivity contribution in [3.8, 4) is 34.3 Å². The van der Waals surface area contributed by atoms with Gasteiger partial charge in [-0.05, 0) is 41.1 Å². The maximum atomic E-state index is 10.1. The van der Waals surface area contributed by atoms with Gasteiger partial charge in [-0.2, -0.15) is 5.10 Å². The number of aromatic nitrogens is 1. The summed E-state index contributed by atoms with van der Waals surface area (Å²) in [5, 5.41) is 38.0. The Morgan fingerprint density at radius 2 is 1.81 bits per heavy atom. The van der Waals surface area contributed by atoms with Gasteiger partial charge in [-0.25, -0.2) is 4.68 Å². The minimum atomic E-state index is -0.592. The number of nitrogens with zero attached hydrogens (tertiary/aromatic N) is 3. The molecule has 1 heterocycles. The first kappa shape index (κ1) is 21.2. The maximum Gasteiger partial charge on any atom is 0.206 e. The maximum absolute atomic E-state index is 10.1. The molecule has 0 aliphatic heterocycles. The first-order valence-corrected chi connectivity index (χ1v) is 10.6. The molecular formula is C24H21N3O4S. The summed E-state index contributed by atoms with van der Waals surface area (Å²) in [6.07, 6.45) is 3.10. The van der Waals surface area contributed by atoms with Crippen molar-refractivity contribution in [2.45, 2.75) is 0 Å². The smallest absolute Gasteiger partial charge is 0.206 e. The number of aromatic hydroxyl groups is 3. The molecule has 4 aromatic rings. The van der Waals surface area contributed by atoms with Crippen molar-refractivity contribution < 1.29 is 20.1 Å². The van der Waals surface area contributed by atoms with Crippen molar-refractivity contribution >= 4 is 28.3 Å². The number of rotatable bonds is 6. The summed E-state index contributed by atoms with van der Waals surface area (Å²) in [7, 11) is 1.64. The highest BCUT2D eigenvalue weighted by Gasteiger charge is 2.11. The van der Waals surface area contributed by atoms with Crippen molar-refractivity contribution in [1.82, 2.24) is 4.68 Å². The van der Waals surface area contributed by atoms with Crippen LogP contribution in [-0.2, 0) is 0 Å². The lowest BCUT2D eigenvalue weighted by atomic mass is 10.1. The lowest BCUT2D eigenvalue weighted by Gasteiger charge is -2.07. The molecule has 0 radical (unpaired) electrons. The zero-order valence-electron chi connectivity index (χ0n) is 17.3. The number of thiazole rings is 1. The minimum absolute atomic E-state index is 0.255. The second-order valence-corrected chi connectivity index (χ2v) is 7.72. The van der Waals surface area contributed by atoms with Crippen LogP contribution >= 0.6 is 11.3 Å². The number of methoxy groups -OCH3 is 1. The molecule has 1 aromatic heterocycles. The van der Waals surface area contributed by atoms with E-state index in [1.54, 1.807) is 17.9 Å². The lowest BCUT2D eigenvalue weighted by molar-refractivity contribution is 0.367. The first-order chi connectivity index (χ1) is 15.5. The van der Waals surface area contributed by atoms with Crippen LogP contribution in [0, 0.1) is 0 Å². The van der Waals surface area contributed by atoms with E-state index in [9.17, 15) is 15.3 Å². The zero-order valence-corrected chi connectivity index (χ0v) is 18.1. The van der Waals surface area contributed by atoms with E-state index in [4.69, 9.17) is 4.74 Å². The fraction of sp³-hybridized carbons (Fsp3) is 0.0833. The average Bonchev–Trinajstić information content (AvgIpc) is 3.22. The summed E-state index contributed by atoms with van der Waals surface area (Å²) in [5.41, 5.74) is 2.01. The van der Waals surface area contributed by atoms with Gasteiger partial charge in [0, 0.05) is 16.5 Å². The van der Waals surface area contributed by atoms with Gasteiger partial charge in [-0.1, -0.05) is 24.3 Å². The van der Waals surface area contributed by atoms with Crippen molar-refractivity contribution in [3.63, 3.8) is 0 Å². The Morgan fingerprint density at radius 1 is 1.03 bits per heavy atom. The second kappa shape index (κ2) is 8.99. The molecule has 0 saturated carbocycles. The van der Waals surface area contributed by atoms with E-state index >= 15 is 0 Å². The highest BCUT2D eigenvalue weighted by atomic mass is 32.1. The monoisotopic (exact) mass is 447 g/mol. The quantitative estimate of drug-likeness (QED) is 0.231. The Hall–Kier alpha value is -4.04. The molecule has 0 unspecified atom stereocenters. The van der Waals surface area contributed by atoms with E-state index in [0.717, 1.165) is 27.8 Å². The van der Waals surface area contributed by atoms with Crippen LogP contribution in [0.25, 0.3) is 22.0 Å². The van der Waals surface area contributed by atoms with E-state index in [0.29, 0.717) is 11.3 Å². The molecule has 3 aromatic carbocycles. The molecule has 8 heteroatoms. The number of hydrogen-bond donors (Lipinski definition) is 3. The largest absolute Gasteiger partial charge is 0.504 e. The van der Waals surface area contributed by atoms with Crippen molar-refractivity contribution in [3.05, 3.63) is 76.9 Å². The fourth-order valence-corrected chi connectivity index (χ4v) is 4.03. The first-order valence-electron chi connectivity index (χ1n) is 9.70. The summed E-state index contributed by atoms with van der Waals surface area (Å²) < 4.78 is 6.97. The van der Waals surface area contributed by atoms with Gasteiger partial charge in [0.25, 0.3) is 0 Å². The van der Waals surface area contributed by atoms with Crippen LogP contribution in [0.3, 0.4) is 0 Å². The Balaban J connectivity index is 1.82. The Kier molecular flexibility index (Phi) is 5.96. The van der Waals surface area contributed by atoms with Crippen LogP contribution in [-0.4, -0.2) is 39.9 Å². The normalized spacial score (nSPS) is 12.0.